The second-order valence-electron chi connectivity index (χ2n) is 3.12. The summed E-state index contributed by atoms with van der Waals surface area (Å²) in [6.45, 7) is 6.91. The lowest BCUT2D eigenvalue weighted by Crippen LogP contribution is -2.36. The largest absolute Gasteiger partial charge is 0.393 e. The van der Waals surface area contributed by atoms with Crippen LogP contribution < -0.4 is 5.32 Å². The van der Waals surface area contributed by atoms with Crippen LogP contribution in [0, 0.1) is 0 Å². The van der Waals surface area contributed by atoms with E-state index < -0.39 is 0 Å². The molecule has 68 valence electrons. The van der Waals surface area contributed by atoms with Crippen molar-refractivity contribution >= 4 is 15.9 Å². The monoisotopic (exact) mass is 223 g/mol. The van der Waals surface area contributed by atoms with Gasteiger partial charge in [0.2, 0.25) is 0 Å². The Labute approximate surface area is 77.5 Å². The number of rotatable bonds is 5. The number of halogens is 1. The number of alkyl halides is 1. The van der Waals surface area contributed by atoms with Gasteiger partial charge < -0.3 is 10.4 Å². The number of aliphatic hydroxyl groups is 1. The average molecular weight is 224 g/mol. The molecule has 2 nitrogen and oxygen atoms in total. The van der Waals surface area contributed by atoms with E-state index in [4.69, 9.17) is 5.11 Å². The van der Waals surface area contributed by atoms with Gasteiger partial charge in [0.1, 0.15) is 0 Å². The summed E-state index contributed by atoms with van der Waals surface area (Å²) in [5.74, 6) is 0. The standard InChI is InChI=1S/C8H18BrNO/c1-4-10-8(3,9)6-5-7(2)11/h7,10-11H,4-6H2,1-3H3/t7-,8-/m0/s1. The summed E-state index contributed by atoms with van der Waals surface area (Å²) >= 11 is 3.55. The molecule has 0 saturated carbocycles. The second kappa shape index (κ2) is 5.12. The second-order valence-corrected chi connectivity index (χ2v) is 4.87. The Bertz CT molecular complexity index is 104. The van der Waals surface area contributed by atoms with Gasteiger partial charge in [-0.15, -0.1) is 0 Å². The van der Waals surface area contributed by atoms with Crippen molar-refractivity contribution in [1.82, 2.24) is 5.32 Å². The van der Waals surface area contributed by atoms with E-state index in [1.165, 1.54) is 0 Å². The van der Waals surface area contributed by atoms with Crippen molar-refractivity contribution in [3.63, 3.8) is 0 Å². The molecule has 2 N–H and O–H groups in total. The number of nitrogens with one attached hydrogen (secondary N) is 1. The molecule has 0 aliphatic heterocycles. The Morgan fingerprint density at radius 3 is 2.55 bits per heavy atom. The Morgan fingerprint density at radius 2 is 2.18 bits per heavy atom. The highest BCUT2D eigenvalue weighted by molar-refractivity contribution is 9.10. The smallest absolute Gasteiger partial charge is 0.0714 e. The highest BCUT2D eigenvalue weighted by Gasteiger charge is 2.18. The Balaban J connectivity index is 3.54. The molecule has 0 aromatic carbocycles. The zero-order valence-electron chi connectivity index (χ0n) is 7.52. The van der Waals surface area contributed by atoms with Gasteiger partial charge in [-0.3, -0.25) is 0 Å². The van der Waals surface area contributed by atoms with Crippen LogP contribution in [0.4, 0.5) is 0 Å². The molecule has 0 aromatic rings. The Hall–Kier alpha value is 0.400. The van der Waals surface area contributed by atoms with Crippen molar-refractivity contribution in [2.24, 2.45) is 0 Å². The maximum atomic E-state index is 9.04. The van der Waals surface area contributed by atoms with E-state index in [-0.39, 0.29) is 10.6 Å². The normalized spacial score (nSPS) is 19.4. The van der Waals surface area contributed by atoms with Gasteiger partial charge in [0.05, 0.1) is 10.6 Å². The van der Waals surface area contributed by atoms with Crippen molar-refractivity contribution in [3.05, 3.63) is 0 Å². The first-order valence-electron chi connectivity index (χ1n) is 4.10. The molecule has 0 heterocycles. The first-order valence-corrected chi connectivity index (χ1v) is 4.89. The fraction of sp³-hybridized carbons (Fsp3) is 1.00. The summed E-state index contributed by atoms with van der Waals surface area (Å²) in [6, 6.07) is 0. The molecule has 0 bridgehead atoms. The molecule has 0 rings (SSSR count). The molecule has 0 spiro atoms. The topological polar surface area (TPSA) is 32.3 Å². The molecule has 0 unspecified atom stereocenters. The molecule has 0 aliphatic rings. The lowest BCUT2D eigenvalue weighted by Gasteiger charge is -2.23. The van der Waals surface area contributed by atoms with E-state index in [1.807, 2.05) is 6.92 Å². The van der Waals surface area contributed by atoms with E-state index in [1.54, 1.807) is 0 Å². The van der Waals surface area contributed by atoms with Crippen LogP contribution in [0.5, 0.6) is 0 Å². The SMILES string of the molecule is CCN[C@](C)(Br)CC[C@H](C)O. The Kier molecular flexibility index (Phi) is 5.30. The van der Waals surface area contributed by atoms with E-state index in [0.29, 0.717) is 0 Å². The minimum atomic E-state index is -0.203. The van der Waals surface area contributed by atoms with Gasteiger partial charge in [-0.2, -0.15) is 0 Å². The van der Waals surface area contributed by atoms with Crippen molar-refractivity contribution in [1.29, 1.82) is 0 Å². The van der Waals surface area contributed by atoms with Crippen molar-refractivity contribution in [2.45, 2.75) is 44.2 Å². The van der Waals surface area contributed by atoms with Crippen molar-refractivity contribution in [3.8, 4) is 0 Å². The molecule has 0 aliphatic carbocycles. The summed E-state index contributed by atoms with van der Waals surface area (Å²) in [6.07, 6.45) is 1.57. The number of aliphatic hydroxyl groups excluding tert-OH is 1. The third kappa shape index (κ3) is 6.78. The summed E-state index contributed by atoms with van der Waals surface area (Å²) in [4.78, 5) is 0. The van der Waals surface area contributed by atoms with E-state index >= 15 is 0 Å². The predicted octanol–water partition coefficient (Wildman–Crippen LogP) is 1.87. The van der Waals surface area contributed by atoms with E-state index in [9.17, 15) is 0 Å². The van der Waals surface area contributed by atoms with Crippen molar-refractivity contribution < 1.29 is 5.11 Å². The van der Waals surface area contributed by atoms with Gasteiger partial charge in [-0.05, 0) is 33.2 Å². The number of hydrogen-bond donors (Lipinski definition) is 2. The maximum Gasteiger partial charge on any atom is 0.0714 e. The van der Waals surface area contributed by atoms with Crippen LogP contribution in [0.3, 0.4) is 0 Å². The minimum absolute atomic E-state index is 0.0151. The van der Waals surface area contributed by atoms with Gasteiger partial charge in [0, 0.05) is 0 Å². The van der Waals surface area contributed by atoms with Gasteiger partial charge in [0.25, 0.3) is 0 Å². The third-order valence-electron chi connectivity index (χ3n) is 1.58. The van der Waals surface area contributed by atoms with Crippen LogP contribution in [0.1, 0.15) is 33.6 Å². The fourth-order valence-corrected chi connectivity index (χ4v) is 1.45. The molecular formula is C8H18BrNO. The first-order chi connectivity index (χ1) is 4.98. The molecule has 0 fully saturated rings. The summed E-state index contributed by atoms with van der Waals surface area (Å²) < 4.78 is -0.0151. The lowest BCUT2D eigenvalue weighted by atomic mass is 10.1. The molecule has 3 heteroatoms. The minimum Gasteiger partial charge on any atom is -0.393 e. The molecule has 0 radical (unpaired) electrons. The van der Waals surface area contributed by atoms with Crippen LogP contribution >= 0.6 is 15.9 Å². The summed E-state index contributed by atoms with van der Waals surface area (Å²) in [5, 5.41) is 12.3. The van der Waals surface area contributed by atoms with Gasteiger partial charge in [-0.1, -0.05) is 22.9 Å². The molecule has 0 saturated heterocycles. The maximum absolute atomic E-state index is 9.04. The summed E-state index contributed by atoms with van der Waals surface area (Å²) in [5.41, 5.74) is 0. The molecule has 2 atom stereocenters. The highest BCUT2D eigenvalue weighted by atomic mass is 79.9. The Morgan fingerprint density at radius 1 is 1.64 bits per heavy atom. The predicted molar refractivity (Wildman–Crippen MR) is 51.9 cm³/mol. The number of hydrogen-bond acceptors (Lipinski definition) is 2. The summed E-state index contributed by atoms with van der Waals surface area (Å²) in [7, 11) is 0. The third-order valence-corrected chi connectivity index (χ3v) is 2.25. The zero-order chi connectivity index (χ0) is 8.91. The molecule has 11 heavy (non-hydrogen) atoms. The molecule has 0 amide bonds. The van der Waals surface area contributed by atoms with E-state index in [2.05, 4.69) is 35.1 Å². The van der Waals surface area contributed by atoms with Gasteiger partial charge >= 0.3 is 0 Å². The first kappa shape index (κ1) is 11.4. The fourth-order valence-electron chi connectivity index (χ4n) is 0.937. The lowest BCUT2D eigenvalue weighted by molar-refractivity contribution is 0.175. The van der Waals surface area contributed by atoms with Gasteiger partial charge in [0.15, 0.2) is 0 Å². The van der Waals surface area contributed by atoms with Crippen LogP contribution in [0.25, 0.3) is 0 Å². The van der Waals surface area contributed by atoms with Crippen LogP contribution in [0.15, 0.2) is 0 Å². The quantitative estimate of drug-likeness (QED) is 0.552. The van der Waals surface area contributed by atoms with Gasteiger partial charge in [-0.25, -0.2) is 0 Å². The molecule has 0 aromatic heterocycles. The van der Waals surface area contributed by atoms with Crippen LogP contribution in [0.2, 0.25) is 0 Å². The average Bonchev–Trinajstić information content (AvgIpc) is 1.84. The van der Waals surface area contributed by atoms with Crippen LogP contribution in [-0.2, 0) is 0 Å². The highest BCUT2D eigenvalue weighted by Crippen LogP contribution is 2.20. The zero-order valence-corrected chi connectivity index (χ0v) is 9.11. The van der Waals surface area contributed by atoms with Crippen molar-refractivity contribution in [2.75, 3.05) is 6.54 Å². The van der Waals surface area contributed by atoms with E-state index in [0.717, 1.165) is 19.4 Å². The molecular weight excluding hydrogens is 206 g/mol. The van der Waals surface area contributed by atoms with Crippen LogP contribution in [-0.4, -0.2) is 22.2 Å².